The van der Waals surface area contributed by atoms with Crippen LogP contribution in [0.3, 0.4) is 0 Å². The molecule has 4 aromatic rings. The maximum absolute atomic E-state index is 13.1. The second kappa shape index (κ2) is 13.1. The Morgan fingerprint density at radius 3 is 2.44 bits per heavy atom. The van der Waals surface area contributed by atoms with Crippen molar-refractivity contribution in [1.82, 2.24) is 20.4 Å². The minimum atomic E-state index is -0.230. The fourth-order valence-electron chi connectivity index (χ4n) is 4.85. The Balaban J connectivity index is 1.13. The number of carbonyl (C=O) groups is 2. The molecule has 2 heterocycles. The Kier molecular flexibility index (Phi) is 8.90. The second-order valence-electron chi connectivity index (χ2n) is 9.84. The first kappa shape index (κ1) is 27.9. The van der Waals surface area contributed by atoms with Crippen molar-refractivity contribution in [2.75, 3.05) is 32.6 Å². The van der Waals surface area contributed by atoms with Crippen LogP contribution in [-0.4, -0.2) is 54.2 Å². The van der Waals surface area contributed by atoms with Crippen LogP contribution in [-0.2, 0) is 17.9 Å². The van der Waals surface area contributed by atoms with Crippen LogP contribution in [0.5, 0.6) is 11.5 Å². The van der Waals surface area contributed by atoms with Crippen LogP contribution in [0.2, 0.25) is 0 Å². The summed E-state index contributed by atoms with van der Waals surface area (Å²) >= 11 is 0. The number of ether oxygens (including phenoxy) is 2. The molecular formula is C31H33N5O5. The lowest BCUT2D eigenvalue weighted by atomic mass is 9.95. The highest BCUT2D eigenvalue weighted by Crippen LogP contribution is 2.31. The highest BCUT2D eigenvalue weighted by Gasteiger charge is 2.27. The molecule has 0 unspecified atom stereocenters. The first-order valence-corrected chi connectivity index (χ1v) is 13.5. The predicted octanol–water partition coefficient (Wildman–Crippen LogP) is 4.53. The molecule has 41 heavy (non-hydrogen) atoms. The fraction of sp³-hybridized carbons (Fsp3) is 0.290. The molecule has 2 N–H and O–H groups in total. The molecule has 10 nitrogen and oxygen atoms in total. The number of aromatic nitrogens is 2. The van der Waals surface area contributed by atoms with Gasteiger partial charge < -0.3 is 24.6 Å². The maximum Gasteiger partial charge on any atom is 0.253 e. The monoisotopic (exact) mass is 555 g/mol. The highest BCUT2D eigenvalue weighted by molar-refractivity contribution is 6.04. The van der Waals surface area contributed by atoms with Gasteiger partial charge in [0.05, 0.1) is 32.0 Å². The minimum Gasteiger partial charge on any atom is -0.493 e. The van der Waals surface area contributed by atoms with Gasteiger partial charge in [-0.25, -0.2) is 0 Å². The number of benzene rings is 3. The number of methoxy groups -OCH3 is 2. The lowest BCUT2D eigenvalue weighted by molar-refractivity contribution is -0.121. The fourth-order valence-corrected chi connectivity index (χ4v) is 4.85. The van der Waals surface area contributed by atoms with Gasteiger partial charge in [0.15, 0.2) is 11.5 Å². The van der Waals surface area contributed by atoms with Crippen LogP contribution in [0.4, 0.5) is 5.69 Å². The number of anilines is 1. The summed E-state index contributed by atoms with van der Waals surface area (Å²) < 4.78 is 16.2. The molecule has 5 rings (SSSR count). The summed E-state index contributed by atoms with van der Waals surface area (Å²) in [7, 11) is 3.16. The zero-order chi connectivity index (χ0) is 28.6. The van der Waals surface area contributed by atoms with E-state index in [2.05, 4.69) is 25.7 Å². The molecule has 0 spiro atoms. The number of hydrogen-bond donors (Lipinski definition) is 2. The van der Waals surface area contributed by atoms with E-state index in [-0.39, 0.29) is 17.7 Å². The van der Waals surface area contributed by atoms with Gasteiger partial charge >= 0.3 is 0 Å². The van der Waals surface area contributed by atoms with Gasteiger partial charge in [0.2, 0.25) is 17.6 Å². The van der Waals surface area contributed by atoms with E-state index in [0.717, 1.165) is 11.1 Å². The topological polar surface area (TPSA) is 119 Å². The largest absolute Gasteiger partial charge is 0.493 e. The van der Waals surface area contributed by atoms with Crippen molar-refractivity contribution >= 4 is 17.5 Å². The zero-order valence-electron chi connectivity index (χ0n) is 23.1. The molecule has 0 radical (unpaired) electrons. The van der Waals surface area contributed by atoms with Gasteiger partial charge in [-0.2, -0.15) is 4.98 Å². The molecule has 1 aliphatic rings. The summed E-state index contributed by atoms with van der Waals surface area (Å²) in [5.74, 6) is 1.73. The van der Waals surface area contributed by atoms with E-state index in [1.165, 1.54) is 0 Å². The Morgan fingerprint density at radius 2 is 1.68 bits per heavy atom. The van der Waals surface area contributed by atoms with Crippen LogP contribution in [0.1, 0.15) is 34.7 Å². The van der Waals surface area contributed by atoms with Crippen molar-refractivity contribution in [3.05, 3.63) is 89.8 Å². The number of carbonyl (C=O) groups excluding carboxylic acids is 2. The molecule has 2 amide bonds. The van der Waals surface area contributed by atoms with E-state index in [1.807, 2.05) is 48.5 Å². The Bertz CT molecular complexity index is 1480. The molecule has 10 heteroatoms. The Hall–Kier alpha value is -4.70. The van der Waals surface area contributed by atoms with Crippen molar-refractivity contribution in [1.29, 1.82) is 0 Å². The Morgan fingerprint density at radius 1 is 0.951 bits per heavy atom. The summed E-state index contributed by atoms with van der Waals surface area (Å²) in [5.41, 5.74) is 2.73. The van der Waals surface area contributed by atoms with Gasteiger partial charge in [-0.1, -0.05) is 47.6 Å². The number of para-hydroxylation sites is 1. The smallest absolute Gasteiger partial charge is 0.253 e. The van der Waals surface area contributed by atoms with Crippen molar-refractivity contribution in [3.63, 3.8) is 0 Å². The molecule has 3 aromatic carbocycles. The second-order valence-corrected chi connectivity index (χ2v) is 9.84. The van der Waals surface area contributed by atoms with Gasteiger partial charge in [0, 0.05) is 18.0 Å². The lowest BCUT2D eigenvalue weighted by Gasteiger charge is -2.30. The van der Waals surface area contributed by atoms with Crippen LogP contribution in [0.25, 0.3) is 11.4 Å². The van der Waals surface area contributed by atoms with Gasteiger partial charge in [-0.05, 0) is 61.8 Å². The summed E-state index contributed by atoms with van der Waals surface area (Å²) in [6.45, 7) is 2.34. The predicted molar refractivity (Wildman–Crippen MR) is 154 cm³/mol. The number of nitrogens with one attached hydrogen (secondary N) is 2. The molecule has 212 valence electrons. The molecule has 0 bridgehead atoms. The van der Waals surface area contributed by atoms with Crippen molar-refractivity contribution in [2.24, 2.45) is 5.92 Å². The van der Waals surface area contributed by atoms with Crippen molar-refractivity contribution in [2.45, 2.75) is 25.9 Å². The van der Waals surface area contributed by atoms with E-state index in [4.69, 9.17) is 14.0 Å². The molecule has 1 aliphatic heterocycles. The molecule has 1 aromatic heterocycles. The summed E-state index contributed by atoms with van der Waals surface area (Å²) in [5, 5.41) is 10.0. The summed E-state index contributed by atoms with van der Waals surface area (Å²) in [6.07, 6.45) is 1.37. The molecule has 0 aliphatic carbocycles. The van der Waals surface area contributed by atoms with E-state index >= 15 is 0 Å². The Labute approximate surface area is 238 Å². The van der Waals surface area contributed by atoms with Crippen molar-refractivity contribution in [3.8, 4) is 22.9 Å². The van der Waals surface area contributed by atoms with Crippen LogP contribution >= 0.6 is 0 Å². The van der Waals surface area contributed by atoms with Gasteiger partial charge in [-0.3, -0.25) is 14.5 Å². The number of amides is 2. The highest BCUT2D eigenvalue weighted by atomic mass is 16.5. The molecule has 1 saturated heterocycles. The third-order valence-corrected chi connectivity index (χ3v) is 7.15. The molecule has 0 saturated carbocycles. The summed E-state index contributed by atoms with van der Waals surface area (Å²) in [6, 6.07) is 22.3. The van der Waals surface area contributed by atoms with Gasteiger partial charge in [-0.15, -0.1) is 0 Å². The first-order valence-electron chi connectivity index (χ1n) is 13.5. The SMILES string of the molecule is COc1ccc(-c2noc(CN3CCC(C(=O)Nc4ccccc4C(=O)NCc4ccccc4)CC3)n2)cc1OC. The summed E-state index contributed by atoms with van der Waals surface area (Å²) in [4.78, 5) is 32.7. The number of rotatable bonds is 10. The molecule has 0 atom stereocenters. The zero-order valence-corrected chi connectivity index (χ0v) is 23.1. The molecular weight excluding hydrogens is 522 g/mol. The first-order chi connectivity index (χ1) is 20.0. The normalized spacial score (nSPS) is 13.9. The maximum atomic E-state index is 13.1. The number of likely N-dealkylation sites (tertiary alicyclic amines) is 1. The average Bonchev–Trinajstić information content (AvgIpc) is 3.49. The van der Waals surface area contributed by atoms with E-state index < -0.39 is 0 Å². The third-order valence-electron chi connectivity index (χ3n) is 7.15. The van der Waals surface area contributed by atoms with Crippen molar-refractivity contribution < 1.29 is 23.6 Å². The standard InChI is InChI=1S/C31H33N5O5/c1-39-26-13-12-23(18-27(26)40-2)29-34-28(41-35-29)20-36-16-14-22(15-17-36)30(37)33-25-11-7-6-10-24(25)31(38)32-19-21-8-4-3-5-9-21/h3-13,18,22H,14-17,19-20H2,1-2H3,(H,32,38)(H,33,37). The lowest BCUT2D eigenvalue weighted by Crippen LogP contribution is -2.38. The van der Waals surface area contributed by atoms with Crippen LogP contribution < -0.4 is 20.1 Å². The van der Waals surface area contributed by atoms with Gasteiger partial charge in [0.25, 0.3) is 5.91 Å². The van der Waals surface area contributed by atoms with E-state index in [9.17, 15) is 9.59 Å². The molecule has 1 fully saturated rings. The van der Waals surface area contributed by atoms with E-state index in [0.29, 0.717) is 73.5 Å². The average molecular weight is 556 g/mol. The van der Waals surface area contributed by atoms with E-state index in [1.54, 1.807) is 38.5 Å². The van der Waals surface area contributed by atoms with Crippen LogP contribution in [0.15, 0.2) is 77.3 Å². The number of hydrogen-bond acceptors (Lipinski definition) is 8. The minimum absolute atomic E-state index is 0.0820. The van der Waals surface area contributed by atoms with Crippen LogP contribution in [0, 0.1) is 5.92 Å². The number of piperidine rings is 1. The number of nitrogens with zero attached hydrogens (tertiary/aromatic N) is 3. The quantitative estimate of drug-likeness (QED) is 0.293. The third kappa shape index (κ3) is 6.90. The van der Waals surface area contributed by atoms with Gasteiger partial charge in [0.1, 0.15) is 0 Å².